The highest BCUT2D eigenvalue weighted by molar-refractivity contribution is 5.82. The van der Waals surface area contributed by atoms with E-state index < -0.39 is 0 Å². The van der Waals surface area contributed by atoms with Gasteiger partial charge in [-0.05, 0) is 19.4 Å². The molecular formula is C10H11NO2. The smallest absolute Gasteiger partial charge is 0.170 e. The Hall–Kier alpha value is -1.35. The molecule has 0 unspecified atom stereocenters. The fourth-order valence-corrected chi connectivity index (χ4v) is 1.46. The quantitative estimate of drug-likeness (QED) is 0.759. The van der Waals surface area contributed by atoms with E-state index in [1.54, 1.807) is 0 Å². The van der Waals surface area contributed by atoms with Gasteiger partial charge in [0.2, 0.25) is 0 Å². The van der Waals surface area contributed by atoms with Crippen LogP contribution in [0, 0.1) is 6.92 Å². The molecule has 0 radical (unpaired) electrons. The van der Waals surface area contributed by atoms with Crippen molar-refractivity contribution in [2.75, 3.05) is 6.61 Å². The van der Waals surface area contributed by atoms with Crippen molar-refractivity contribution in [1.82, 2.24) is 5.16 Å². The molecule has 1 aromatic heterocycles. The van der Waals surface area contributed by atoms with Crippen LogP contribution in [0.4, 0.5) is 0 Å². The number of aliphatic hydroxyl groups excluding tert-OH is 1. The van der Waals surface area contributed by atoms with Crippen molar-refractivity contribution in [3.63, 3.8) is 0 Å². The third-order valence-electron chi connectivity index (χ3n) is 2.14. The number of hydrogen-bond acceptors (Lipinski definition) is 3. The summed E-state index contributed by atoms with van der Waals surface area (Å²) in [5, 5.41) is 13.7. The highest BCUT2D eigenvalue weighted by atomic mass is 16.5. The van der Waals surface area contributed by atoms with Gasteiger partial charge in [0.25, 0.3) is 0 Å². The van der Waals surface area contributed by atoms with E-state index in [1.807, 2.05) is 25.1 Å². The summed E-state index contributed by atoms with van der Waals surface area (Å²) in [6, 6.07) is 5.88. The minimum absolute atomic E-state index is 0.138. The largest absolute Gasteiger partial charge is 0.396 e. The molecule has 0 saturated carbocycles. The molecule has 0 aliphatic heterocycles. The highest BCUT2D eigenvalue weighted by Gasteiger charge is 2.07. The van der Waals surface area contributed by atoms with Crippen LogP contribution in [-0.2, 0) is 6.42 Å². The van der Waals surface area contributed by atoms with Gasteiger partial charge in [0.15, 0.2) is 5.58 Å². The SMILES string of the molecule is Cc1noc2c(CCO)cccc12. The molecule has 2 rings (SSSR count). The molecule has 1 N–H and O–H groups in total. The van der Waals surface area contributed by atoms with Gasteiger partial charge in [-0.15, -0.1) is 0 Å². The van der Waals surface area contributed by atoms with E-state index in [1.165, 1.54) is 0 Å². The Morgan fingerprint density at radius 3 is 3.08 bits per heavy atom. The van der Waals surface area contributed by atoms with Gasteiger partial charge in [-0.2, -0.15) is 0 Å². The maximum Gasteiger partial charge on any atom is 0.170 e. The van der Waals surface area contributed by atoms with Crippen LogP contribution < -0.4 is 0 Å². The summed E-state index contributed by atoms with van der Waals surface area (Å²) in [5.74, 6) is 0. The molecule has 13 heavy (non-hydrogen) atoms. The number of nitrogens with zero attached hydrogens (tertiary/aromatic N) is 1. The lowest BCUT2D eigenvalue weighted by atomic mass is 10.1. The predicted octanol–water partition coefficient (Wildman–Crippen LogP) is 1.67. The monoisotopic (exact) mass is 177 g/mol. The number of para-hydroxylation sites is 1. The molecule has 1 heterocycles. The fraction of sp³-hybridized carbons (Fsp3) is 0.300. The van der Waals surface area contributed by atoms with Crippen molar-refractivity contribution in [3.8, 4) is 0 Å². The predicted molar refractivity (Wildman–Crippen MR) is 49.5 cm³/mol. The number of aromatic nitrogens is 1. The summed E-state index contributed by atoms with van der Waals surface area (Å²) in [6.07, 6.45) is 0.617. The lowest BCUT2D eigenvalue weighted by Crippen LogP contribution is -1.90. The molecule has 2 aromatic rings. The number of aryl methyl sites for hydroxylation is 1. The molecule has 68 valence electrons. The molecule has 0 aliphatic rings. The van der Waals surface area contributed by atoms with Crippen LogP contribution in [0.25, 0.3) is 11.0 Å². The number of benzene rings is 1. The van der Waals surface area contributed by atoms with Crippen molar-refractivity contribution < 1.29 is 9.63 Å². The van der Waals surface area contributed by atoms with Gasteiger partial charge in [0, 0.05) is 17.6 Å². The van der Waals surface area contributed by atoms with E-state index in [0.717, 1.165) is 22.2 Å². The van der Waals surface area contributed by atoms with Crippen molar-refractivity contribution in [1.29, 1.82) is 0 Å². The van der Waals surface area contributed by atoms with Crippen molar-refractivity contribution >= 4 is 11.0 Å². The van der Waals surface area contributed by atoms with Gasteiger partial charge < -0.3 is 9.63 Å². The molecular weight excluding hydrogens is 166 g/mol. The van der Waals surface area contributed by atoms with Gasteiger partial charge in [-0.3, -0.25) is 0 Å². The van der Waals surface area contributed by atoms with E-state index in [9.17, 15) is 0 Å². The van der Waals surface area contributed by atoms with Crippen LogP contribution in [0.5, 0.6) is 0 Å². The van der Waals surface area contributed by atoms with Gasteiger partial charge in [0.05, 0.1) is 5.69 Å². The molecule has 0 atom stereocenters. The van der Waals surface area contributed by atoms with E-state index in [4.69, 9.17) is 9.63 Å². The summed E-state index contributed by atoms with van der Waals surface area (Å²) in [6.45, 7) is 2.05. The lowest BCUT2D eigenvalue weighted by Gasteiger charge is -1.96. The number of fused-ring (bicyclic) bond motifs is 1. The minimum atomic E-state index is 0.138. The number of hydrogen-bond donors (Lipinski definition) is 1. The molecule has 0 spiro atoms. The first-order valence-electron chi connectivity index (χ1n) is 4.27. The zero-order chi connectivity index (χ0) is 9.26. The first kappa shape index (κ1) is 8.26. The van der Waals surface area contributed by atoms with Gasteiger partial charge in [-0.1, -0.05) is 17.3 Å². The maximum atomic E-state index is 8.82. The Morgan fingerprint density at radius 1 is 1.46 bits per heavy atom. The Labute approximate surface area is 76.0 Å². The molecule has 0 bridgehead atoms. The Kier molecular flexibility index (Phi) is 2.02. The highest BCUT2D eigenvalue weighted by Crippen LogP contribution is 2.21. The van der Waals surface area contributed by atoms with Crippen molar-refractivity contribution in [3.05, 3.63) is 29.5 Å². The Balaban J connectivity index is 2.63. The van der Waals surface area contributed by atoms with Gasteiger partial charge in [0.1, 0.15) is 0 Å². The summed E-state index contributed by atoms with van der Waals surface area (Å²) in [5.41, 5.74) is 2.71. The van der Waals surface area contributed by atoms with E-state index in [2.05, 4.69) is 5.16 Å². The zero-order valence-corrected chi connectivity index (χ0v) is 7.45. The molecule has 1 aromatic carbocycles. The van der Waals surface area contributed by atoms with E-state index in [-0.39, 0.29) is 6.61 Å². The molecule has 0 fully saturated rings. The Morgan fingerprint density at radius 2 is 2.31 bits per heavy atom. The summed E-state index contributed by atoms with van der Waals surface area (Å²) in [7, 11) is 0. The molecule has 3 nitrogen and oxygen atoms in total. The minimum Gasteiger partial charge on any atom is -0.396 e. The number of rotatable bonds is 2. The van der Waals surface area contributed by atoms with Gasteiger partial charge >= 0.3 is 0 Å². The molecule has 0 saturated heterocycles. The number of aliphatic hydroxyl groups is 1. The van der Waals surface area contributed by atoms with Crippen LogP contribution in [0.2, 0.25) is 0 Å². The van der Waals surface area contributed by atoms with E-state index in [0.29, 0.717) is 6.42 Å². The standard InChI is InChI=1S/C10H11NO2/c1-7-9-4-2-3-8(5-6-12)10(9)13-11-7/h2-4,12H,5-6H2,1H3. The average Bonchev–Trinajstić information content (AvgIpc) is 2.50. The van der Waals surface area contributed by atoms with Gasteiger partial charge in [-0.25, -0.2) is 0 Å². The first-order chi connectivity index (χ1) is 6.33. The van der Waals surface area contributed by atoms with Crippen LogP contribution in [0.3, 0.4) is 0 Å². The van der Waals surface area contributed by atoms with Crippen molar-refractivity contribution in [2.24, 2.45) is 0 Å². The summed E-state index contributed by atoms with van der Waals surface area (Å²) in [4.78, 5) is 0. The molecule has 3 heteroatoms. The summed E-state index contributed by atoms with van der Waals surface area (Å²) >= 11 is 0. The van der Waals surface area contributed by atoms with Crippen LogP contribution >= 0.6 is 0 Å². The Bertz CT molecular complexity index is 420. The fourth-order valence-electron chi connectivity index (χ4n) is 1.46. The maximum absolute atomic E-state index is 8.82. The van der Waals surface area contributed by atoms with Crippen LogP contribution in [0.1, 0.15) is 11.3 Å². The second kappa shape index (κ2) is 3.18. The average molecular weight is 177 g/mol. The van der Waals surface area contributed by atoms with Crippen molar-refractivity contribution in [2.45, 2.75) is 13.3 Å². The second-order valence-corrected chi connectivity index (χ2v) is 3.04. The topological polar surface area (TPSA) is 46.3 Å². The third-order valence-corrected chi connectivity index (χ3v) is 2.14. The molecule has 0 amide bonds. The lowest BCUT2D eigenvalue weighted by molar-refractivity contribution is 0.299. The normalized spacial score (nSPS) is 10.9. The second-order valence-electron chi connectivity index (χ2n) is 3.04. The van der Waals surface area contributed by atoms with Crippen LogP contribution in [-0.4, -0.2) is 16.9 Å². The summed E-state index contributed by atoms with van der Waals surface area (Å²) < 4.78 is 5.17. The third kappa shape index (κ3) is 1.31. The van der Waals surface area contributed by atoms with E-state index >= 15 is 0 Å². The molecule has 0 aliphatic carbocycles. The zero-order valence-electron chi connectivity index (χ0n) is 7.45. The van der Waals surface area contributed by atoms with Crippen LogP contribution in [0.15, 0.2) is 22.7 Å². The first-order valence-corrected chi connectivity index (χ1v) is 4.27.